The summed E-state index contributed by atoms with van der Waals surface area (Å²) in [5.41, 5.74) is 5.16. The summed E-state index contributed by atoms with van der Waals surface area (Å²) in [5.74, 6) is -3.18. The summed E-state index contributed by atoms with van der Waals surface area (Å²) in [6, 6.07) is 6.19. The largest absolute Gasteiger partial charge is 0.404 e. The lowest BCUT2D eigenvalue weighted by Crippen LogP contribution is -2.43. The maximum atomic E-state index is 13.7. The number of primary amides is 1. The normalized spacial score (nSPS) is 15.3. The number of thiazole rings is 1. The number of sulfonamides is 1. The molecule has 0 spiro atoms. The first kappa shape index (κ1) is 32.0. The van der Waals surface area contributed by atoms with E-state index >= 15 is 0 Å². The Morgan fingerprint density at radius 3 is 2.33 bits per heavy atom. The van der Waals surface area contributed by atoms with Crippen LogP contribution in [-0.4, -0.2) is 73.7 Å². The van der Waals surface area contributed by atoms with Gasteiger partial charge in [0, 0.05) is 24.0 Å². The Hall–Kier alpha value is -3.89. The molecule has 43 heavy (non-hydrogen) atoms. The molecule has 1 atom stereocenters. The van der Waals surface area contributed by atoms with Crippen molar-refractivity contribution in [1.29, 1.82) is 0 Å². The standard InChI is InChI=1S/C27H28F3N5O6S2/c1-14-9-11-35(12-10-14)26(39)21-22(42-25(33-21)24(38)32-13-19(36)23(31)37)18-7-8-20(17-6-4-3-5-16(17)18)43(40,41)34-15(2)27(28,29)30/h3-8,14-15,34H,9-13H2,1-2H3,(H2,31,37)(H,32,38)/t15-/m0/s1. The summed E-state index contributed by atoms with van der Waals surface area (Å²) < 4.78 is 67.2. The number of nitrogens with one attached hydrogen (secondary N) is 2. The number of Topliss-reactive ketones (excluding diaryl/α,β-unsaturated/α-hetero) is 1. The summed E-state index contributed by atoms with van der Waals surface area (Å²) in [4.78, 5) is 54.9. The Labute approximate surface area is 248 Å². The van der Waals surface area contributed by atoms with E-state index in [2.05, 4.69) is 17.2 Å². The highest BCUT2D eigenvalue weighted by Crippen LogP contribution is 2.39. The lowest BCUT2D eigenvalue weighted by molar-refractivity contribution is -0.147. The number of alkyl halides is 3. The molecule has 1 aliphatic rings. The average molecular weight is 640 g/mol. The van der Waals surface area contributed by atoms with Gasteiger partial charge in [-0.25, -0.2) is 13.4 Å². The highest BCUT2D eigenvalue weighted by molar-refractivity contribution is 7.89. The molecule has 1 aliphatic heterocycles. The minimum absolute atomic E-state index is 0.0820. The number of hydrogen-bond acceptors (Lipinski definition) is 8. The van der Waals surface area contributed by atoms with Crippen molar-refractivity contribution in [2.45, 2.75) is 43.8 Å². The second-order valence-corrected chi connectivity index (χ2v) is 12.9. The molecule has 4 N–H and O–H groups in total. The quantitative estimate of drug-likeness (QED) is 0.303. The van der Waals surface area contributed by atoms with Crippen molar-refractivity contribution in [3.05, 3.63) is 47.1 Å². The topological polar surface area (TPSA) is 169 Å². The summed E-state index contributed by atoms with van der Waals surface area (Å²) >= 11 is 0.804. The number of rotatable bonds is 9. The number of ketones is 1. The number of carbonyl (C=O) groups excluding carboxylic acids is 4. The summed E-state index contributed by atoms with van der Waals surface area (Å²) in [6.07, 6.45) is -3.30. The second-order valence-electron chi connectivity index (χ2n) is 10.2. The van der Waals surface area contributed by atoms with E-state index in [-0.39, 0.29) is 26.4 Å². The van der Waals surface area contributed by atoms with Crippen molar-refractivity contribution < 1.29 is 40.8 Å². The SMILES string of the molecule is CC1CCN(C(=O)c2nc(C(=O)NCC(=O)C(N)=O)sc2-c2ccc(S(=O)(=O)N[C@@H](C)C(F)(F)F)c3ccccc23)CC1. The van der Waals surface area contributed by atoms with Gasteiger partial charge in [-0.2, -0.15) is 17.9 Å². The molecule has 3 amide bonds. The van der Waals surface area contributed by atoms with Gasteiger partial charge in [0.1, 0.15) is 11.7 Å². The van der Waals surface area contributed by atoms with Gasteiger partial charge < -0.3 is 16.0 Å². The lowest BCUT2D eigenvalue weighted by atomic mass is 9.98. The highest BCUT2D eigenvalue weighted by Gasteiger charge is 2.39. The van der Waals surface area contributed by atoms with Crippen molar-refractivity contribution in [1.82, 2.24) is 19.9 Å². The van der Waals surface area contributed by atoms with Gasteiger partial charge in [0.15, 0.2) is 5.01 Å². The summed E-state index contributed by atoms with van der Waals surface area (Å²) in [6.45, 7) is 2.97. The third-order valence-corrected chi connectivity index (χ3v) is 9.71. The van der Waals surface area contributed by atoms with Gasteiger partial charge in [-0.05, 0) is 37.1 Å². The number of aromatic nitrogens is 1. The fourth-order valence-electron chi connectivity index (χ4n) is 4.50. The van der Waals surface area contributed by atoms with Crippen molar-refractivity contribution >= 4 is 55.6 Å². The number of likely N-dealkylation sites (tertiary alicyclic amines) is 1. The highest BCUT2D eigenvalue weighted by atomic mass is 32.2. The zero-order valence-corrected chi connectivity index (χ0v) is 24.7. The number of benzene rings is 2. The molecule has 0 bridgehead atoms. The van der Waals surface area contributed by atoms with Crippen LogP contribution in [-0.2, 0) is 19.6 Å². The smallest absolute Gasteiger partial charge is 0.363 e. The molecule has 0 aliphatic carbocycles. The fraction of sp³-hybridized carbons (Fsp3) is 0.370. The first-order valence-electron chi connectivity index (χ1n) is 13.1. The number of halogens is 3. The molecule has 0 saturated carbocycles. The molecule has 2 aromatic carbocycles. The van der Waals surface area contributed by atoms with Gasteiger partial charge in [0.05, 0.1) is 16.3 Å². The average Bonchev–Trinajstić information content (AvgIpc) is 3.39. The van der Waals surface area contributed by atoms with Gasteiger partial charge in [-0.15, -0.1) is 11.3 Å². The van der Waals surface area contributed by atoms with Gasteiger partial charge in [0.2, 0.25) is 15.8 Å². The molecule has 3 aromatic rings. The maximum Gasteiger partial charge on any atom is 0.404 e. The molecule has 2 heterocycles. The first-order valence-corrected chi connectivity index (χ1v) is 15.4. The van der Waals surface area contributed by atoms with Crippen LogP contribution in [0, 0.1) is 5.92 Å². The Morgan fingerprint density at radius 2 is 1.72 bits per heavy atom. The van der Waals surface area contributed by atoms with Gasteiger partial charge in [0.25, 0.3) is 17.7 Å². The third kappa shape index (κ3) is 7.02. The Morgan fingerprint density at radius 1 is 1.09 bits per heavy atom. The minimum atomic E-state index is -4.81. The molecule has 1 fully saturated rings. The summed E-state index contributed by atoms with van der Waals surface area (Å²) in [5, 5.41) is 2.41. The number of hydrogen-bond donors (Lipinski definition) is 3. The lowest BCUT2D eigenvalue weighted by Gasteiger charge is -2.30. The van der Waals surface area contributed by atoms with Gasteiger partial charge in [-0.1, -0.05) is 37.3 Å². The monoisotopic (exact) mass is 639 g/mol. The van der Waals surface area contributed by atoms with E-state index in [1.54, 1.807) is 21.8 Å². The predicted octanol–water partition coefficient (Wildman–Crippen LogP) is 2.85. The maximum absolute atomic E-state index is 13.7. The third-order valence-electron chi connectivity index (χ3n) is 7.02. The van der Waals surface area contributed by atoms with Crippen molar-refractivity contribution in [2.75, 3.05) is 19.6 Å². The molecule has 11 nitrogen and oxygen atoms in total. The molecule has 0 unspecified atom stereocenters. The zero-order chi connectivity index (χ0) is 31.7. The fourth-order valence-corrected chi connectivity index (χ4v) is 6.95. The minimum Gasteiger partial charge on any atom is -0.363 e. The van der Waals surface area contributed by atoms with E-state index < -0.39 is 57.2 Å². The number of carbonyl (C=O) groups is 4. The van der Waals surface area contributed by atoms with E-state index in [0.717, 1.165) is 30.2 Å². The summed E-state index contributed by atoms with van der Waals surface area (Å²) in [7, 11) is -4.64. The van der Waals surface area contributed by atoms with Crippen LogP contribution in [0.25, 0.3) is 21.2 Å². The number of nitrogens with two attached hydrogens (primary N) is 1. The van der Waals surface area contributed by atoms with Crippen LogP contribution >= 0.6 is 11.3 Å². The van der Waals surface area contributed by atoms with E-state index in [4.69, 9.17) is 5.73 Å². The van der Waals surface area contributed by atoms with Crippen LogP contribution in [0.15, 0.2) is 41.3 Å². The molecular weight excluding hydrogens is 611 g/mol. The molecule has 4 rings (SSSR count). The van der Waals surface area contributed by atoms with Crippen molar-refractivity contribution in [3.63, 3.8) is 0 Å². The number of piperidine rings is 1. The van der Waals surface area contributed by atoms with Crippen LogP contribution in [0.4, 0.5) is 13.2 Å². The van der Waals surface area contributed by atoms with E-state index in [1.165, 1.54) is 18.2 Å². The van der Waals surface area contributed by atoms with Gasteiger partial charge >= 0.3 is 6.18 Å². The number of fused-ring (bicyclic) bond motifs is 1. The Kier molecular flexibility index (Phi) is 9.22. The van der Waals surface area contributed by atoms with Gasteiger partial charge in [-0.3, -0.25) is 19.2 Å². The number of amides is 3. The second kappa shape index (κ2) is 12.4. The van der Waals surface area contributed by atoms with Crippen molar-refractivity contribution in [2.24, 2.45) is 11.7 Å². The molecule has 16 heteroatoms. The predicted molar refractivity (Wildman–Crippen MR) is 152 cm³/mol. The Bertz CT molecular complexity index is 1700. The molecule has 1 aromatic heterocycles. The zero-order valence-electron chi connectivity index (χ0n) is 23.0. The van der Waals surface area contributed by atoms with Crippen LogP contribution in [0.5, 0.6) is 0 Å². The molecular formula is C27H28F3N5O6S2. The number of nitrogens with zero attached hydrogens (tertiary/aromatic N) is 2. The van der Waals surface area contributed by atoms with E-state index in [9.17, 15) is 40.8 Å². The van der Waals surface area contributed by atoms with E-state index in [0.29, 0.717) is 31.5 Å². The van der Waals surface area contributed by atoms with Crippen LogP contribution in [0.2, 0.25) is 0 Å². The van der Waals surface area contributed by atoms with E-state index in [1.807, 2.05) is 0 Å². The first-order chi connectivity index (χ1) is 20.1. The van der Waals surface area contributed by atoms with Crippen LogP contribution < -0.4 is 15.8 Å². The van der Waals surface area contributed by atoms with Crippen LogP contribution in [0.1, 0.15) is 47.0 Å². The van der Waals surface area contributed by atoms with Crippen LogP contribution in [0.3, 0.4) is 0 Å². The molecule has 230 valence electrons. The molecule has 0 radical (unpaired) electrons. The Balaban J connectivity index is 1.82. The molecule has 1 saturated heterocycles. The van der Waals surface area contributed by atoms with Crippen molar-refractivity contribution in [3.8, 4) is 10.4 Å².